The number of carbonyl (C=O) groups is 1. The molecule has 26 heavy (non-hydrogen) atoms. The largest absolute Gasteiger partial charge is 0.319 e. The van der Waals surface area contributed by atoms with Crippen molar-refractivity contribution in [2.45, 2.75) is 24.8 Å². The fraction of sp³-hybridized carbons (Fsp3) is 0.235. The van der Waals surface area contributed by atoms with Gasteiger partial charge >= 0.3 is 0 Å². The molecular weight excluding hydrogens is 369 g/mol. The molecule has 1 N–H and O–H groups in total. The molecule has 2 rings (SSSR count). The van der Waals surface area contributed by atoms with Crippen molar-refractivity contribution >= 4 is 21.6 Å². The fourth-order valence-corrected chi connectivity index (χ4v) is 3.47. The molecule has 0 fully saturated rings. The first kappa shape index (κ1) is 19.9. The number of anilines is 1. The Hall–Kier alpha value is -2.39. The van der Waals surface area contributed by atoms with Crippen molar-refractivity contribution in [3.8, 4) is 0 Å². The first-order valence-electron chi connectivity index (χ1n) is 7.58. The maximum absolute atomic E-state index is 13.7. The van der Waals surface area contributed by atoms with Gasteiger partial charge in [0.05, 0.1) is 10.6 Å². The number of hydrogen-bond donors (Lipinski definition) is 1. The first-order valence-corrected chi connectivity index (χ1v) is 9.02. The van der Waals surface area contributed by atoms with E-state index < -0.39 is 39.1 Å². The van der Waals surface area contributed by atoms with Gasteiger partial charge in [-0.1, -0.05) is 6.07 Å². The van der Waals surface area contributed by atoms with Crippen LogP contribution in [0.25, 0.3) is 0 Å². The van der Waals surface area contributed by atoms with Gasteiger partial charge in [0.2, 0.25) is 10.0 Å². The molecule has 0 aliphatic carbocycles. The third-order valence-electron chi connectivity index (χ3n) is 3.78. The van der Waals surface area contributed by atoms with Crippen molar-refractivity contribution in [3.63, 3.8) is 0 Å². The minimum Gasteiger partial charge on any atom is -0.319 e. The number of carbonyl (C=O) groups excluding carboxylic acids is 1. The van der Waals surface area contributed by atoms with Gasteiger partial charge in [0.1, 0.15) is 0 Å². The molecule has 0 heterocycles. The third kappa shape index (κ3) is 3.88. The van der Waals surface area contributed by atoms with Crippen LogP contribution in [0.3, 0.4) is 0 Å². The van der Waals surface area contributed by atoms with E-state index >= 15 is 0 Å². The van der Waals surface area contributed by atoms with E-state index in [2.05, 4.69) is 5.32 Å². The molecule has 1 amide bonds. The lowest BCUT2D eigenvalue weighted by Crippen LogP contribution is -2.33. The monoisotopic (exact) mass is 386 g/mol. The second-order valence-corrected chi connectivity index (χ2v) is 7.82. The van der Waals surface area contributed by atoms with Crippen molar-refractivity contribution in [2.24, 2.45) is 0 Å². The lowest BCUT2D eigenvalue weighted by Gasteiger charge is -2.21. The van der Waals surface area contributed by atoms with E-state index in [9.17, 15) is 26.4 Å². The molecule has 0 atom stereocenters. The Kier molecular flexibility index (Phi) is 5.72. The number of benzene rings is 2. The number of hydrogen-bond acceptors (Lipinski definition) is 3. The Morgan fingerprint density at radius 3 is 2.35 bits per heavy atom. The number of halogens is 3. The number of nitrogens with one attached hydrogen (secondary N) is 1. The van der Waals surface area contributed by atoms with E-state index in [1.54, 1.807) is 13.8 Å². The summed E-state index contributed by atoms with van der Waals surface area (Å²) >= 11 is 0. The SMILES string of the molecule is CC(C)N(C)S(=O)(=O)c1cccc(C(=O)Nc2ccc(F)c(F)c2F)c1. The highest BCUT2D eigenvalue weighted by molar-refractivity contribution is 7.89. The summed E-state index contributed by atoms with van der Waals surface area (Å²) in [5, 5.41) is 2.10. The zero-order valence-corrected chi connectivity index (χ0v) is 15.1. The predicted molar refractivity (Wildman–Crippen MR) is 90.8 cm³/mol. The molecule has 5 nitrogen and oxygen atoms in total. The van der Waals surface area contributed by atoms with Crippen LogP contribution in [-0.4, -0.2) is 31.7 Å². The molecule has 2 aromatic carbocycles. The standard InChI is InChI=1S/C17H17F3N2O3S/c1-10(2)22(3)26(24,25)12-6-4-5-11(9-12)17(23)21-14-8-7-13(18)15(19)16(14)20/h4-10H,1-3H3,(H,21,23). The molecule has 9 heteroatoms. The smallest absolute Gasteiger partial charge is 0.255 e. The van der Waals surface area contributed by atoms with Gasteiger partial charge in [0, 0.05) is 18.7 Å². The van der Waals surface area contributed by atoms with Crippen LogP contribution in [-0.2, 0) is 10.0 Å². The van der Waals surface area contributed by atoms with Gasteiger partial charge in [-0.25, -0.2) is 21.6 Å². The van der Waals surface area contributed by atoms with Gasteiger partial charge in [-0.2, -0.15) is 4.31 Å². The van der Waals surface area contributed by atoms with Crippen LogP contribution in [0.15, 0.2) is 41.3 Å². The normalized spacial score (nSPS) is 11.8. The summed E-state index contributed by atoms with van der Waals surface area (Å²) in [6.07, 6.45) is 0. The minimum absolute atomic E-state index is 0.0765. The van der Waals surface area contributed by atoms with Crippen LogP contribution in [0, 0.1) is 17.5 Å². The average molecular weight is 386 g/mol. The van der Waals surface area contributed by atoms with Crippen LogP contribution in [0.4, 0.5) is 18.9 Å². The summed E-state index contributed by atoms with van der Waals surface area (Å²) in [5.74, 6) is -5.50. The predicted octanol–water partition coefficient (Wildman–Crippen LogP) is 3.39. The Morgan fingerprint density at radius 1 is 1.08 bits per heavy atom. The van der Waals surface area contributed by atoms with Crippen LogP contribution in [0.5, 0.6) is 0 Å². The van der Waals surface area contributed by atoms with E-state index in [1.807, 2.05) is 0 Å². The van der Waals surface area contributed by atoms with Gasteiger partial charge in [0.15, 0.2) is 17.5 Å². The van der Waals surface area contributed by atoms with Gasteiger partial charge in [-0.05, 0) is 44.2 Å². The van der Waals surface area contributed by atoms with Crippen LogP contribution >= 0.6 is 0 Å². The molecule has 0 aliphatic heterocycles. The molecule has 0 aliphatic rings. The molecule has 2 aromatic rings. The lowest BCUT2D eigenvalue weighted by molar-refractivity contribution is 0.102. The van der Waals surface area contributed by atoms with E-state index in [1.165, 1.54) is 25.2 Å². The minimum atomic E-state index is -3.82. The topological polar surface area (TPSA) is 66.5 Å². The van der Waals surface area contributed by atoms with Crippen LogP contribution < -0.4 is 5.32 Å². The summed E-state index contributed by atoms with van der Waals surface area (Å²) in [6.45, 7) is 3.39. The first-order chi connectivity index (χ1) is 12.1. The summed E-state index contributed by atoms with van der Waals surface area (Å²) in [4.78, 5) is 12.1. The summed E-state index contributed by atoms with van der Waals surface area (Å²) < 4.78 is 66.0. The van der Waals surface area contributed by atoms with E-state index in [0.29, 0.717) is 6.07 Å². The summed E-state index contributed by atoms with van der Waals surface area (Å²) in [6, 6.07) is 6.38. The van der Waals surface area contributed by atoms with Gasteiger partial charge in [-0.3, -0.25) is 4.79 Å². The van der Waals surface area contributed by atoms with Crippen LogP contribution in [0.2, 0.25) is 0 Å². The summed E-state index contributed by atoms with van der Waals surface area (Å²) in [7, 11) is -2.41. The van der Waals surface area contributed by atoms with E-state index in [-0.39, 0.29) is 16.5 Å². The quantitative estimate of drug-likeness (QED) is 0.801. The molecule has 0 bridgehead atoms. The second kappa shape index (κ2) is 7.46. The zero-order valence-electron chi connectivity index (χ0n) is 14.3. The molecule has 0 saturated carbocycles. The molecule has 0 radical (unpaired) electrons. The molecule has 0 aromatic heterocycles. The van der Waals surface area contributed by atoms with E-state index in [4.69, 9.17) is 0 Å². The van der Waals surface area contributed by atoms with Crippen molar-refractivity contribution < 1.29 is 26.4 Å². The number of amides is 1. The second-order valence-electron chi connectivity index (χ2n) is 5.82. The molecule has 0 saturated heterocycles. The highest BCUT2D eigenvalue weighted by Crippen LogP contribution is 2.22. The number of sulfonamides is 1. The summed E-state index contributed by atoms with van der Waals surface area (Å²) in [5.41, 5.74) is -0.631. The average Bonchev–Trinajstić information content (AvgIpc) is 2.61. The van der Waals surface area contributed by atoms with Gasteiger partial charge in [0.25, 0.3) is 5.91 Å². The lowest BCUT2D eigenvalue weighted by atomic mass is 10.2. The maximum Gasteiger partial charge on any atom is 0.255 e. The fourth-order valence-electron chi connectivity index (χ4n) is 2.06. The van der Waals surface area contributed by atoms with Gasteiger partial charge < -0.3 is 5.32 Å². The molecular formula is C17H17F3N2O3S. The van der Waals surface area contributed by atoms with Crippen molar-refractivity contribution in [1.29, 1.82) is 0 Å². The van der Waals surface area contributed by atoms with Crippen molar-refractivity contribution in [2.75, 3.05) is 12.4 Å². The Balaban J connectivity index is 2.33. The highest BCUT2D eigenvalue weighted by Gasteiger charge is 2.24. The third-order valence-corrected chi connectivity index (χ3v) is 5.81. The molecule has 0 unspecified atom stereocenters. The molecule has 140 valence electrons. The Bertz CT molecular complexity index is 946. The number of rotatable bonds is 5. The van der Waals surface area contributed by atoms with E-state index in [0.717, 1.165) is 16.4 Å². The molecule has 0 spiro atoms. The van der Waals surface area contributed by atoms with Crippen molar-refractivity contribution in [3.05, 3.63) is 59.4 Å². The Morgan fingerprint density at radius 2 is 1.73 bits per heavy atom. The maximum atomic E-state index is 13.7. The zero-order chi connectivity index (χ0) is 19.6. The van der Waals surface area contributed by atoms with Gasteiger partial charge in [-0.15, -0.1) is 0 Å². The number of nitrogens with zero attached hydrogens (tertiary/aromatic N) is 1. The highest BCUT2D eigenvalue weighted by atomic mass is 32.2. The Labute approximate surface area is 149 Å². The van der Waals surface area contributed by atoms with Crippen molar-refractivity contribution in [1.82, 2.24) is 4.31 Å². The van der Waals surface area contributed by atoms with Crippen LogP contribution in [0.1, 0.15) is 24.2 Å².